The predicted molar refractivity (Wildman–Crippen MR) is 81.4 cm³/mol. The summed E-state index contributed by atoms with van der Waals surface area (Å²) in [5, 5.41) is 10.6. The minimum atomic E-state index is 0.693. The largest absolute Gasteiger partial charge is 0.457 e. The highest BCUT2D eigenvalue weighted by atomic mass is 16.5. The van der Waals surface area contributed by atoms with Crippen LogP contribution in [0.5, 0.6) is 11.5 Å². The summed E-state index contributed by atoms with van der Waals surface area (Å²) >= 11 is 0. The van der Waals surface area contributed by atoms with Crippen LogP contribution in [0.4, 0.5) is 0 Å². The molecular formula is C16H11N5O. The van der Waals surface area contributed by atoms with E-state index in [1.165, 1.54) is 0 Å². The standard InChI is InChI=1S/C16H11N5O/c1-2-7-17-13(3-1)15-9-12(6-8-18-15)22-11-4-5-14-16(10-11)20-21-19-14/h1-10H,(H,19,20,21). The van der Waals surface area contributed by atoms with E-state index in [1.54, 1.807) is 18.5 Å². The first kappa shape index (κ1) is 12.5. The molecule has 0 saturated carbocycles. The molecule has 0 radical (unpaired) electrons. The quantitative estimate of drug-likeness (QED) is 0.626. The molecule has 6 heteroatoms. The van der Waals surface area contributed by atoms with E-state index in [-0.39, 0.29) is 0 Å². The molecule has 6 nitrogen and oxygen atoms in total. The minimum Gasteiger partial charge on any atom is -0.457 e. The number of ether oxygens (including phenoxy) is 1. The lowest BCUT2D eigenvalue weighted by molar-refractivity contribution is 0.483. The van der Waals surface area contributed by atoms with Crippen LogP contribution >= 0.6 is 0 Å². The summed E-state index contributed by atoms with van der Waals surface area (Å²) in [6, 6.07) is 14.9. The smallest absolute Gasteiger partial charge is 0.131 e. The van der Waals surface area contributed by atoms with Crippen molar-refractivity contribution in [2.75, 3.05) is 0 Å². The second-order valence-electron chi connectivity index (χ2n) is 4.67. The second-order valence-corrected chi connectivity index (χ2v) is 4.67. The summed E-state index contributed by atoms with van der Waals surface area (Å²) in [5.41, 5.74) is 3.13. The zero-order valence-corrected chi connectivity index (χ0v) is 11.5. The number of pyridine rings is 2. The van der Waals surface area contributed by atoms with Crippen LogP contribution in [0.1, 0.15) is 0 Å². The Morgan fingerprint density at radius 2 is 1.59 bits per heavy atom. The molecule has 0 fully saturated rings. The lowest BCUT2D eigenvalue weighted by Crippen LogP contribution is -1.89. The first-order chi connectivity index (χ1) is 10.9. The minimum absolute atomic E-state index is 0.693. The molecule has 3 heterocycles. The molecule has 0 unspecified atom stereocenters. The van der Waals surface area contributed by atoms with Crippen molar-refractivity contribution in [2.24, 2.45) is 0 Å². The Labute approximate surface area is 125 Å². The highest BCUT2D eigenvalue weighted by molar-refractivity contribution is 5.75. The van der Waals surface area contributed by atoms with E-state index in [2.05, 4.69) is 25.4 Å². The molecule has 0 amide bonds. The van der Waals surface area contributed by atoms with Crippen LogP contribution in [0.25, 0.3) is 22.4 Å². The molecule has 0 aliphatic carbocycles. The normalized spacial score (nSPS) is 10.7. The Kier molecular flexibility index (Phi) is 2.97. The zero-order valence-electron chi connectivity index (χ0n) is 11.5. The van der Waals surface area contributed by atoms with Gasteiger partial charge < -0.3 is 4.74 Å². The number of hydrogen-bond donors (Lipinski definition) is 1. The molecule has 1 aromatic carbocycles. The Bertz CT molecular complexity index is 920. The van der Waals surface area contributed by atoms with Crippen LogP contribution < -0.4 is 4.74 Å². The van der Waals surface area contributed by atoms with E-state index in [0.29, 0.717) is 11.5 Å². The number of aromatic nitrogens is 5. The summed E-state index contributed by atoms with van der Waals surface area (Å²) in [5.74, 6) is 1.39. The van der Waals surface area contributed by atoms with Gasteiger partial charge in [-0.1, -0.05) is 6.07 Å². The van der Waals surface area contributed by atoms with Gasteiger partial charge in [0, 0.05) is 24.5 Å². The fourth-order valence-electron chi connectivity index (χ4n) is 2.15. The van der Waals surface area contributed by atoms with Crippen molar-refractivity contribution in [2.45, 2.75) is 0 Å². The van der Waals surface area contributed by atoms with Gasteiger partial charge in [-0.05, 0) is 30.3 Å². The lowest BCUT2D eigenvalue weighted by Gasteiger charge is -2.06. The molecule has 0 aliphatic heterocycles. The number of aromatic amines is 1. The van der Waals surface area contributed by atoms with Gasteiger partial charge in [-0.15, -0.1) is 0 Å². The number of fused-ring (bicyclic) bond motifs is 1. The van der Waals surface area contributed by atoms with Gasteiger partial charge in [0.2, 0.25) is 0 Å². The van der Waals surface area contributed by atoms with E-state index >= 15 is 0 Å². The Hall–Kier alpha value is -3.28. The molecule has 22 heavy (non-hydrogen) atoms. The summed E-state index contributed by atoms with van der Waals surface area (Å²) in [6.45, 7) is 0. The van der Waals surface area contributed by atoms with Crippen LogP contribution in [0, 0.1) is 0 Å². The molecule has 0 bridgehead atoms. The van der Waals surface area contributed by atoms with Crippen molar-refractivity contribution in [1.82, 2.24) is 25.4 Å². The number of rotatable bonds is 3. The maximum atomic E-state index is 5.87. The molecular weight excluding hydrogens is 278 g/mol. The van der Waals surface area contributed by atoms with Crippen molar-refractivity contribution in [3.8, 4) is 22.9 Å². The molecule has 0 aliphatic rings. The summed E-state index contributed by atoms with van der Waals surface area (Å²) in [7, 11) is 0. The summed E-state index contributed by atoms with van der Waals surface area (Å²) in [6.07, 6.45) is 3.44. The average Bonchev–Trinajstić information content (AvgIpc) is 3.04. The molecule has 4 rings (SSSR count). The van der Waals surface area contributed by atoms with Crippen molar-refractivity contribution in [1.29, 1.82) is 0 Å². The summed E-state index contributed by atoms with van der Waals surface area (Å²) < 4.78 is 5.87. The van der Waals surface area contributed by atoms with Crippen molar-refractivity contribution < 1.29 is 4.74 Å². The highest BCUT2D eigenvalue weighted by Crippen LogP contribution is 2.26. The molecule has 0 spiro atoms. The lowest BCUT2D eigenvalue weighted by atomic mass is 10.2. The summed E-state index contributed by atoms with van der Waals surface area (Å²) in [4.78, 5) is 8.61. The SMILES string of the molecule is c1ccc(-c2cc(Oc3ccc4n[nH]nc4c3)ccn2)nc1. The van der Waals surface area contributed by atoms with Crippen molar-refractivity contribution in [3.05, 3.63) is 60.9 Å². The third-order valence-corrected chi connectivity index (χ3v) is 3.18. The molecule has 3 aromatic heterocycles. The maximum Gasteiger partial charge on any atom is 0.131 e. The Balaban J connectivity index is 1.65. The van der Waals surface area contributed by atoms with Gasteiger partial charge in [-0.25, -0.2) is 0 Å². The predicted octanol–water partition coefficient (Wildman–Crippen LogP) is 3.21. The van der Waals surface area contributed by atoms with E-state index < -0.39 is 0 Å². The monoisotopic (exact) mass is 289 g/mol. The van der Waals surface area contributed by atoms with Crippen molar-refractivity contribution in [3.63, 3.8) is 0 Å². The number of nitrogens with zero attached hydrogens (tertiary/aromatic N) is 4. The molecule has 0 saturated heterocycles. The fraction of sp³-hybridized carbons (Fsp3) is 0. The van der Waals surface area contributed by atoms with E-state index in [1.807, 2.05) is 42.5 Å². The number of nitrogens with one attached hydrogen (secondary N) is 1. The maximum absolute atomic E-state index is 5.87. The van der Waals surface area contributed by atoms with Crippen LogP contribution in [0.3, 0.4) is 0 Å². The Morgan fingerprint density at radius 1 is 0.727 bits per heavy atom. The number of hydrogen-bond acceptors (Lipinski definition) is 5. The number of benzene rings is 1. The van der Waals surface area contributed by atoms with Gasteiger partial charge in [-0.3, -0.25) is 9.97 Å². The molecule has 0 atom stereocenters. The number of H-pyrrole nitrogens is 1. The van der Waals surface area contributed by atoms with E-state index in [9.17, 15) is 0 Å². The van der Waals surface area contributed by atoms with Gasteiger partial charge in [0.1, 0.15) is 22.5 Å². The third-order valence-electron chi connectivity index (χ3n) is 3.18. The third kappa shape index (κ3) is 2.37. The van der Waals surface area contributed by atoms with Gasteiger partial charge in [0.05, 0.1) is 11.4 Å². The highest BCUT2D eigenvalue weighted by Gasteiger charge is 2.05. The zero-order chi connectivity index (χ0) is 14.8. The second kappa shape index (κ2) is 5.25. The van der Waals surface area contributed by atoms with Crippen LogP contribution in [-0.2, 0) is 0 Å². The first-order valence-corrected chi connectivity index (χ1v) is 6.74. The average molecular weight is 289 g/mol. The molecule has 106 valence electrons. The topological polar surface area (TPSA) is 76.6 Å². The van der Waals surface area contributed by atoms with Gasteiger partial charge in [0.25, 0.3) is 0 Å². The Morgan fingerprint density at radius 3 is 2.50 bits per heavy atom. The van der Waals surface area contributed by atoms with E-state index in [4.69, 9.17) is 4.74 Å². The first-order valence-electron chi connectivity index (χ1n) is 6.74. The van der Waals surface area contributed by atoms with Gasteiger partial charge >= 0.3 is 0 Å². The van der Waals surface area contributed by atoms with Crippen LogP contribution in [-0.4, -0.2) is 25.4 Å². The van der Waals surface area contributed by atoms with Crippen LogP contribution in [0.15, 0.2) is 60.9 Å². The van der Waals surface area contributed by atoms with Gasteiger partial charge in [-0.2, -0.15) is 15.4 Å². The van der Waals surface area contributed by atoms with Crippen LogP contribution in [0.2, 0.25) is 0 Å². The molecule has 1 N–H and O–H groups in total. The fourth-order valence-corrected chi connectivity index (χ4v) is 2.15. The van der Waals surface area contributed by atoms with Crippen molar-refractivity contribution >= 4 is 11.0 Å². The van der Waals surface area contributed by atoms with E-state index in [0.717, 1.165) is 22.4 Å². The van der Waals surface area contributed by atoms with Gasteiger partial charge in [0.15, 0.2) is 0 Å². The molecule has 4 aromatic rings.